The quantitative estimate of drug-likeness (QED) is 0.508. The lowest BCUT2D eigenvalue weighted by molar-refractivity contribution is 0.199. The van der Waals surface area contributed by atoms with Gasteiger partial charge in [-0.15, -0.1) is 0 Å². The minimum atomic E-state index is 0.416. The fourth-order valence-electron chi connectivity index (χ4n) is 1.67. The van der Waals surface area contributed by atoms with E-state index in [-0.39, 0.29) is 0 Å². The first-order valence-electron chi connectivity index (χ1n) is 3.62. The summed E-state index contributed by atoms with van der Waals surface area (Å²) in [6.45, 7) is 4.55. The van der Waals surface area contributed by atoms with E-state index in [1.54, 1.807) is 0 Å². The van der Waals surface area contributed by atoms with Gasteiger partial charge in [0, 0.05) is 19.1 Å². The molecule has 2 nitrogen and oxygen atoms in total. The maximum Gasteiger partial charge on any atom is 0.0170 e. The molecular formula is C7H16N2. The Morgan fingerprint density at radius 3 is 2.56 bits per heavy atom. The van der Waals surface area contributed by atoms with E-state index < -0.39 is 0 Å². The maximum absolute atomic E-state index is 5.77. The van der Waals surface area contributed by atoms with Crippen LogP contribution in [-0.2, 0) is 0 Å². The standard InChI is InChI=1S/C7H16N2/c1-6-3-7(8)5-9(2)4-6/h6-7H,3-5,8H2,1-2H3/t6-,7?/m1/s1. The highest BCUT2D eigenvalue weighted by Gasteiger charge is 2.18. The van der Waals surface area contributed by atoms with Gasteiger partial charge in [0.1, 0.15) is 0 Å². The van der Waals surface area contributed by atoms with E-state index in [0.717, 1.165) is 12.5 Å². The molecule has 2 atom stereocenters. The van der Waals surface area contributed by atoms with Crippen LogP contribution in [0, 0.1) is 5.92 Å². The van der Waals surface area contributed by atoms with Crippen LogP contribution in [0.3, 0.4) is 0 Å². The highest BCUT2D eigenvalue weighted by atomic mass is 15.1. The molecule has 1 aliphatic rings. The van der Waals surface area contributed by atoms with Gasteiger partial charge >= 0.3 is 0 Å². The van der Waals surface area contributed by atoms with Crippen molar-refractivity contribution in [2.45, 2.75) is 19.4 Å². The van der Waals surface area contributed by atoms with Gasteiger partial charge in [-0.25, -0.2) is 0 Å². The largest absolute Gasteiger partial charge is 0.327 e. The molecule has 2 N–H and O–H groups in total. The zero-order valence-electron chi connectivity index (χ0n) is 6.30. The minimum Gasteiger partial charge on any atom is -0.327 e. The molecule has 0 aromatic heterocycles. The Balaban J connectivity index is 2.34. The highest BCUT2D eigenvalue weighted by Crippen LogP contribution is 2.12. The van der Waals surface area contributed by atoms with Crippen LogP contribution >= 0.6 is 0 Å². The SMILES string of the molecule is C[C@@H]1CC(N)CN(C)C1. The van der Waals surface area contributed by atoms with Crippen LogP contribution in [0.5, 0.6) is 0 Å². The van der Waals surface area contributed by atoms with Gasteiger partial charge in [-0.1, -0.05) is 6.92 Å². The lowest BCUT2D eigenvalue weighted by Crippen LogP contribution is -2.44. The molecule has 0 spiro atoms. The predicted octanol–water partition coefficient (Wildman–Crippen LogP) is 0.285. The molecular weight excluding hydrogens is 112 g/mol. The van der Waals surface area contributed by atoms with Crippen molar-refractivity contribution in [2.75, 3.05) is 20.1 Å². The zero-order valence-corrected chi connectivity index (χ0v) is 6.30. The average molecular weight is 128 g/mol. The Kier molecular flexibility index (Phi) is 2.09. The molecule has 2 heteroatoms. The van der Waals surface area contributed by atoms with E-state index in [4.69, 9.17) is 5.73 Å². The number of hydrogen-bond donors (Lipinski definition) is 1. The summed E-state index contributed by atoms with van der Waals surface area (Å²) in [5.41, 5.74) is 5.77. The van der Waals surface area contributed by atoms with Crippen LogP contribution in [0.4, 0.5) is 0 Å². The summed E-state index contributed by atoms with van der Waals surface area (Å²) in [5, 5.41) is 0. The third-order valence-corrected chi connectivity index (χ3v) is 1.87. The molecule has 0 amide bonds. The average Bonchev–Trinajstić information content (AvgIpc) is 1.59. The van der Waals surface area contributed by atoms with Crippen LogP contribution in [0.15, 0.2) is 0 Å². The fourth-order valence-corrected chi connectivity index (χ4v) is 1.67. The number of rotatable bonds is 0. The smallest absolute Gasteiger partial charge is 0.0170 e. The van der Waals surface area contributed by atoms with Gasteiger partial charge in [0.15, 0.2) is 0 Å². The van der Waals surface area contributed by atoms with Crippen LogP contribution < -0.4 is 5.73 Å². The Morgan fingerprint density at radius 2 is 2.11 bits per heavy atom. The lowest BCUT2D eigenvalue weighted by atomic mass is 9.97. The molecule has 1 saturated heterocycles. The number of likely N-dealkylation sites (N-methyl/N-ethyl adjacent to an activating group) is 1. The molecule has 54 valence electrons. The van der Waals surface area contributed by atoms with Crippen LogP contribution in [0.25, 0.3) is 0 Å². The summed E-state index contributed by atoms with van der Waals surface area (Å²) < 4.78 is 0. The molecule has 0 saturated carbocycles. The molecule has 1 heterocycles. The normalized spacial score (nSPS) is 39.0. The third-order valence-electron chi connectivity index (χ3n) is 1.87. The van der Waals surface area contributed by atoms with E-state index in [2.05, 4.69) is 18.9 Å². The monoisotopic (exact) mass is 128 g/mol. The van der Waals surface area contributed by atoms with Gasteiger partial charge < -0.3 is 10.6 Å². The van der Waals surface area contributed by atoms with E-state index in [1.807, 2.05) is 0 Å². The first-order chi connectivity index (χ1) is 4.18. The Bertz CT molecular complexity index is 67.9. The van der Waals surface area contributed by atoms with Gasteiger partial charge in [-0.2, -0.15) is 0 Å². The number of likely N-dealkylation sites (tertiary alicyclic amines) is 1. The summed E-state index contributed by atoms with van der Waals surface area (Å²) in [4.78, 5) is 2.30. The number of nitrogens with zero attached hydrogens (tertiary/aromatic N) is 1. The van der Waals surface area contributed by atoms with Gasteiger partial charge in [0.25, 0.3) is 0 Å². The fraction of sp³-hybridized carbons (Fsp3) is 1.00. The third kappa shape index (κ3) is 1.95. The topological polar surface area (TPSA) is 29.3 Å². The van der Waals surface area contributed by atoms with Crippen molar-refractivity contribution in [1.82, 2.24) is 4.90 Å². The highest BCUT2D eigenvalue weighted by molar-refractivity contribution is 4.76. The zero-order chi connectivity index (χ0) is 6.85. The van der Waals surface area contributed by atoms with Gasteiger partial charge in [0.2, 0.25) is 0 Å². The van der Waals surface area contributed by atoms with Gasteiger partial charge in [0.05, 0.1) is 0 Å². The molecule has 0 radical (unpaired) electrons. The van der Waals surface area contributed by atoms with Crippen molar-refractivity contribution in [2.24, 2.45) is 11.7 Å². The van der Waals surface area contributed by atoms with E-state index >= 15 is 0 Å². The maximum atomic E-state index is 5.77. The number of hydrogen-bond acceptors (Lipinski definition) is 2. The Hall–Kier alpha value is -0.0800. The summed E-state index contributed by atoms with van der Waals surface area (Å²) in [7, 11) is 2.13. The second-order valence-electron chi connectivity index (χ2n) is 3.32. The summed E-state index contributed by atoms with van der Waals surface area (Å²) in [6.07, 6.45) is 1.20. The predicted molar refractivity (Wildman–Crippen MR) is 39.3 cm³/mol. The van der Waals surface area contributed by atoms with Gasteiger partial charge in [-0.3, -0.25) is 0 Å². The first-order valence-corrected chi connectivity index (χ1v) is 3.62. The van der Waals surface area contributed by atoms with Crippen LogP contribution in [-0.4, -0.2) is 31.1 Å². The van der Waals surface area contributed by atoms with E-state index in [9.17, 15) is 0 Å². The molecule has 9 heavy (non-hydrogen) atoms. The summed E-state index contributed by atoms with van der Waals surface area (Å²) in [6, 6.07) is 0.416. The molecule has 0 bridgehead atoms. The summed E-state index contributed by atoms with van der Waals surface area (Å²) >= 11 is 0. The Morgan fingerprint density at radius 1 is 1.44 bits per heavy atom. The van der Waals surface area contributed by atoms with Crippen molar-refractivity contribution in [3.63, 3.8) is 0 Å². The van der Waals surface area contributed by atoms with Crippen molar-refractivity contribution in [1.29, 1.82) is 0 Å². The van der Waals surface area contributed by atoms with Crippen molar-refractivity contribution in [3.8, 4) is 0 Å². The van der Waals surface area contributed by atoms with Gasteiger partial charge in [-0.05, 0) is 19.4 Å². The first kappa shape index (κ1) is 7.03. The molecule has 0 aromatic rings. The van der Waals surface area contributed by atoms with Crippen LogP contribution in [0.2, 0.25) is 0 Å². The second-order valence-corrected chi connectivity index (χ2v) is 3.32. The molecule has 0 aliphatic carbocycles. The molecule has 1 aliphatic heterocycles. The van der Waals surface area contributed by atoms with E-state index in [0.29, 0.717) is 6.04 Å². The van der Waals surface area contributed by atoms with Crippen LogP contribution in [0.1, 0.15) is 13.3 Å². The molecule has 1 rings (SSSR count). The van der Waals surface area contributed by atoms with E-state index in [1.165, 1.54) is 13.0 Å². The Labute approximate surface area is 57.0 Å². The number of piperidine rings is 1. The summed E-state index contributed by atoms with van der Waals surface area (Å²) in [5.74, 6) is 0.791. The second kappa shape index (κ2) is 2.67. The molecule has 1 unspecified atom stereocenters. The van der Waals surface area contributed by atoms with Crippen molar-refractivity contribution >= 4 is 0 Å². The number of nitrogens with two attached hydrogens (primary N) is 1. The molecule has 0 aromatic carbocycles. The van der Waals surface area contributed by atoms with Crippen molar-refractivity contribution < 1.29 is 0 Å². The minimum absolute atomic E-state index is 0.416. The molecule has 1 fully saturated rings. The van der Waals surface area contributed by atoms with Crippen molar-refractivity contribution in [3.05, 3.63) is 0 Å². The lowest BCUT2D eigenvalue weighted by Gasteiger charge is -2.31.